The molecule has 4 aromatic rings. The Morgan fingerprint density at radius 1 is 0.951 bits per heavy atom. The van der Waals surface area contributed by atoms with Gasteiger partial charge in [-0.15, -0.1) is 23.5 Å². The number of ether oxygens (including phenoxy) is 1. The summed E-state index contributed by atoms with van der Waals surface area (Å²) in [4.78, 5) is 29.8. The highest BCUT2D eigenvalue weighted by Crippen LogP contribution is 2.33. The number of fused-ring (bicyclic) bond motifs is 1. The van der Waals surface area contributed by atoms with Crippen LogP contribution in [-0.4, -0.2) is 56.5 Å². The molecule has 6 nitrogen and oxygen atoms in total. The van der Waals surface area contributed by atoms with Gasteiger partial charge in [-0.3, -0.25) is 9.59 Å². The number of aromatic nitrogens is 1. The van der Waals surface area contributed by atoms with Crippen molar-refractivity contribution in [3.63, 3.8) is 0 Å². The molecule has 0 bridgehead atoms. The van der Waals surface area contributed by atoms with E-state index in [1.807, 2.05) is 91.9 Å². The van der Waals surface area contributed by atoms with E-state index in [0.29, 0.717) is 12.2 Å². The van der Waals surface area contributed by atoms with Crippen molar-refractivity contribution in [2.24, 2.45) is 0 Å². The zero-order valence-electron chi connectivity index (χ0n) is 23.4. The number of carboxylic acid groups (broad SMARTS) is 1. The molecule has 1 aromatic heterocycles. The highest BCUT2D eigenvalue weighted by atomic mass is 32.2. The number of pyridine rings is 1. The van der Waals surface area contributed by atoms with Crippen LogP contribution in [0.1, 0.15) is 30.2 Å². The second-order valence-electron chi connectivity index (χ2n) is 9.74. The lowest BCUT2D eigenvalue weighted by Gasteiger charge is -2.22. The first-order valence-electron chi connectivity index (χ1n) is 13.4. The van der Waals surface area contributed by atoms with Crippen LogP contribution in [0.5, 0.6) is 11.5 Å². The third-order valence-corrected chi connectivity index (χ3v) is 9.03. The number of amides is 1. The molecule has 4 rings (SSSR count). The highest BCUT2D eigenvalue weighted by Gasteiger charge is 2.22. The Bertz CT molecular complexity index is 1520. The van der Waals surface area contributed by atoms with Gasteiger partial charge in [-0.2, -0.15) is 0 Å². The molecule has 0 radical (unpaired) electrons. The SMILES string of the molecule is CC(SC(Cc1cccc(Oc2cccc(C=Cc3ccc4ccccc4n3)c2)c1)SCCC(=O)O)C(=O)N(C)C. The maximum absolute atomic E-state index is 12.5. The van der Waals surface area contributed by atoms with Gasteiger partial charge >= 0.3 is 5.97 Å². The van der Waals surface area contributed by atoms with Gasteiger partial charge in [0.1, 0.15) is 11.5 Å². The highest BCUT2D eigenvalue weighted by molar-refractivity contribution is 8.17. The third-order valence-electron chi connectivity index (χ3n) is 6.23. The van der Waals surface area contributed by atoms with Crippen LogP contribution in [0, 0.1) is 0 Å². The summed E-state index contributed by atoms with van der Waals surface area (Å²) in [7, 11) is 3.50. The molecule has 3 aromatic carbocycles. The summed E-state index contributed by atoms with van der Waals surface area (Å²) in [5.74, 6) is 1.15. The maximum atomic E-state index is 12.5. The number of rotatable bonds is 13. The molecular weight excluding hydrogens is 553 g/mol. The first-order valence-corrected chi connectivity index (χ1v) is 15.4. The van der Waals surface area contributed by atoms with Crippen molar-refractivity contribution in [1.29, 1.82) is 0 Å². The van der Waals surface area contributed by atoms with Crippen LogP contribution in [0.25, 0.3) is 23.1 Å². The number of carboxylic acids is 1. The summed E-state index contributed by atoms with van der Waals surface area (Å²) in [6.07, 6.45) is 4.78. The van der Waals surface area contributed by atoms with Crippen molar-refractivity contribution >= 4 is 58.5 Å². The second kappa shape index (κ2) is 14.8. The molecule has 1 heterocycles. The lowest BCUT2D eigenvalue weighted by Crippen LogP contribution is -2.31. The van der Waals surface area contributed by atoms with Crippen molar-refractivity contribution in [2.75, 3.05) is 19.8 Å². The number of carbonyl (C=O) groups is 2. The largest absolute Gasteiger partial charge is 0.481 e. The lowest BCUT2D eigenvalue weighted by atomic mass is 10.1. The maximum Gasteiger partial charge on any atom is 0.304 e. The summed E-state index contributed by atoms with van der Waals surface area (Å²) in [5.41, 5.74) is 3.91. The van der Waals surface area contributed by atoms with Crippen LogP contribution in [0.4, 0.5) is 0 Å². The second-order valence-corrected chi connectivity index (χ2v) is 12.9. The molecule has 8 heteroatoms. The van der Waals surface area contributed by atoms with E-state index >= 15 is 0 Å². The van der Waals surface area contributed by atoms with Crippen molar-refractivity contribution in [3.05, 3.63) is 102 Å². The summed E-state index contributed by atoms with van der Waals surface area (Å²) >= 11 is 3.14. The molecule has 0 aliphatic carbocycles. The van der Waals surface area contributed by atoms with Crippen LogP contribution in [0.2, 0.25) is 0 Å². The van der Waals surface area contributed by atoms with Gasteiger partial charge < -0.3 is 14.7 Å². The number of nitrogens with zero attached hydrogens (tertiary/aromatic N) is 2. The number of hydrogen-bond acceptors (Lipinski definition) is 6. The van der Waals surface area contributed by atoms with E-state index in [1.165, 1.54) is 0 Å². The molecule has 212 valence electrons. The van der Waals surface area contributed by atoms with E-state index in [-0.39, 0.29) is 22.2 Å². The number of para-hydroxylation sites is 1. The first-order chi connectivity index (χ1) is 19.8. The standard InChI is InChI=1S/C33H34N2O4S2/c1-23(33(38)35(2)3)41-32(40-19-18-31(36)37)22-25-9-7-12-29(21-25)39-28-11-6-8-24(20-28)14-16-27-17-15-26-10-4-5-13-30(26)34-27/h4-17,20-21,23,32H,18-19,22H2,1-3H3,(H,36,37). The number of benzene rings is 3. The van der Waals surface area contributed by atoms with Gasteiger partial charge in [0.15, 0.2) is 0 Å². The van der Waals surface area contributed by atoms with E-state index in [2.05, 4.69) is 12.1 Å². The molecular formula is C33H34N2O4S2. The van der Waals surface area contributed by atoms with Crippen molar-refractivity contribution in [1.82, 2.24) is 9.88 Å². The van der Waals surface area contributed by atoms with Gasteiger partial charge in [0.05, 0.1) is 27.5 Å². The normalized spacial score (nSPS) is 12.8. The van der Waals surface area contributed by atoms with Crippen molar-refractivity contribution in [3.8, 4) is 11.5 Å². The lowest BCUT2D eigenvalue weighted by molar-refractivity contribution is -0.136. The van der Waals surface area contributed by atoms with Gasteiger partial charge in [0, 0.05) is 25.2 Å². The number of hydrogen-bond donors (Lipinski definition) is 1. The van der Waals surface area contributed by atoms with Crippen LogP contribution in [0.3, 0.4) is 0 Å². The van der Waals surface area contributed by atoms with Gasteiger partial charge in [-0.25, -0.2) is 4.98 Å². The number of aliphatic carboxylic acids is 1. The minimum atomic E-state index is -0.820. The molecule has 0 aliphatic rings. The summed E-state index contributed by atoms with van der Waals surface area (Å²) in [6.45, 7) is 1.90. The zero-order chi connectivity index (χ0) is 29.2. The van der Waals surface area contributed by atoms with E-state index in [1.54, 1.807) is 42.5 Å². The Morgan fingerprint density at radius 3 is 2.49 bits per heavy atom. The summed E-state index contributed by atoms with van der Waals surface area (Å²) < 4.78 is 6.24. The third kappa shape index (κ3) is 9.40. The smallest absolute Gasteiger partial charge is 0.304 e. The van der Waals surface area contributed by atoms with Crippen LogP contribution < -0.4 is 4.74 Å². The average molecular weight is 587 g/mol. The predicted octanol–water partition coefficient (Wildman–Crippen LogP) is 7.48. The van der Waals surface area contributed by atoms with Crippen molar-refractivity contribution < 1.29 is 19.4 Å². The molecule has 41 heavy (non-hydrogen) atoms. The Balaban J connectivity index is 1.43. The molecule has 0 spiro atoms. The minimum absolute atomic E-state index is 0.0284. The molecule has 1 N–H and O–H groups in total. The van der Waals surface area contributed by atoms with E-state index in [9.17, 15) is 9.59 Å². The van der Waals surface area contributed by atoms with Gasteiger partial charge in [0.25, 0.3) is 0 Å². The molecule has 1 amide bonds. The fraction of sp³-hybridized carbons (Fsp3) is 0.242. The Kier molecular flexibility index (Phi) is 10.9. The molecule has 0 fully saturated rings. The molecule has 0 saturated carbocycles. The fourth-order valence-electron chi connectivity index (χ4n) is 4.18. The van der Waals surface area contributed by atoms with Crippen LogP contribution >= 0.6 is 23.5 Å². The van der Waals surface area contributed by atoms with Crippen molar-refractivity contribution in [2.45, 2.75) is 29.6 Å². The van der Waals surface area contributed by atoms with Gasteiger partial charge in [-0.05, 0) is 66.9 Å². The summed E-state index contributed by atoms with van der Waals surface area (Å²) in [5, 5.41) is 9.96. The number of carbonyl (C=O) groups excluding carboxylic acids is 1. The zero-order valence-corrected chi connectivity index (χ0v) is 25.0. The number of thioether (sulfide) groups is 2. The van der Waals surface area contributed by atoms with Crippen LogP contribution in [0.15, 0.2) is 84.9 Å². The monoisotopic (exact) mass is 586 g/mol. The quantitative estimate of drug-likeness (QED) is 0.163. The topological polar surface area (TPSA) is 79.7 Å². The van der Waals surface area contributed by atoms with Gasteiger partial charge in [0.2, 0.25) is 5.91 Å². The summed E-state index contributed by atoms with van der Waals surface area (Å²) in [6, 6.07) is 27.9. The predicted molar refractivity (Wildman–Crippen MR) is 172 cm³/mol. The van der Waals surface area contributed by atoms with E-state index in [4.69, 9.17) is 14.8 Å². The average Bonchev–Trinajstić information content (AvgIpc) is 2.95. The first kappa shape index (κ1) is 30.2. The molecule has 2 unspecified atom stereocenters. The molecule has 0 aliphatic heterocycles. The van der Waals surface area contributed by atoms with E-state index in [0.717, 1.165) is 39.2 Å². The van der Waals surface area contributed by atoms with Crippen LogP contribution in [-0.2, 0) is 16.0 Å². The molecule has 2 atom stereocenters. The molecule has 0 saturated heterocycles. The Morgan fingerprint density at radius 2 is 1.71 bits per heavy atom. The Labute approximate surface area is 249 Å². The minimum Gasteiger partial charge on any atom is -0.481 e. The Hall–Kier alpha value is -3.75. The van der Waals surface area contributed by atoms with Gasteiger partial charge in [-0.1, -0.05) is 54.6 Å². The van der Waals surface area contributed by atoms with E-state index < -0.39 is 5.97 Å². The fourth-order valence-corrected chi connectivity index (χ4v) is 7.22.